The van der Waals surface area contributed by atoms with Gasteiger partial charge in [0.1, 0.15) is 12.1 Å². The number of amides is 5. The van der Waals surface area contributed by atoms with E-state index in [9.17, 15) is 29.4 Å². The van der Waals surface area contributed by atoms with Crippen LogP contribution in [0.4, 0.5) is 9.59 Å². The number of benzene rings is 1. The number of rotatable bonds is 19. The quantitative estimate of drug-likeness (QED) is 0.134. The van der Waals surface area contributed by atoms with E-state index in [1.165, 1.54) is 0 Å². The van der Waals surface area contributed by atoms with Crippen molar-refractivity contribution in [2.75, 3.05) is 32.7 Å². The zero-order chi connectivity index (χ0) is 38.6. The number of aliphatic hydroxyl groups excluding tert-OH is 1. The van der Waals surface area contributed by atoms with Crippen LogP contribution in [0.15, 0.2) is 48.5 Å². The van der Waals surface area contributed by atoms with Crippen molar-refractivity contribution in [1.82, 2.24) is 35.9 Å². The van der Waals surface area contributed by atoms with Crippen molar-refractivity contribution in [1.29, 1.82) is 0 Å². The Hall–Kier alpha value is -4.23. The van der Waals surface area contributed by atoms with Crippen molar-refractivity contribution in [3.05, 3.63) is 65.5 Å². The highest BCUT2D eigenvalue weighted by Gasteiger charge is 2.41. The minimum absolute atomic E-state index is 0.0302. The van der Waals surface area contributed by atoms with Crippen molar-refractivity contribution in [3.8, 4) is 0 Å². The fourth-order valence-electron chi connectivity index (χ4n) is 6.38. The fraction of sp³-hybridized carbons (Fsp3) is 0.615. The van der Waals surface area contributed by atoms with E-state index in [4.69, 9.17) is 0 Å². The highest BCUT2D eigenvalue weighted by molar-refractivity contribution is 5.88. The van der Waals surface area contributed by atoms with Crippen molar-refractivity contribution in [2.45, 2.75) is 105 Å². The van der Waals surface area contributed by atoms with Gasteiger partial charge >= 0.3 is 12.1 Å². The molecule has 5 amide bonds. The number of hydrazine groups is 1. The number of aryl methyl sites for hydroxylation is 1. The Kier molecular flexibility index (Phi) is 15.9. The maximum atomic E-state index is 14.3. The first kappa shape index (κ1) is 42.2. The first-order valence-corrected chi connectivity index (χ1v) is 18.5. The fourth-order valence-corrected chi connectivity index (χ4v) is 6.38. The third kappa shape index (κ3) is 12.8. The zero-order valence-electron chi connectivity index (χ0n) is 32.3. The van der Waals surface area contributed by atoms with Crippen molar-refractivity contribution < 1.29 is 29.4 Å². The summed E-state index contributed by atoms with van der Waals surface area (Å²) in [5.41, 5.74) is 4.86. The minimum Gasteiger partial charge on any atom is -0.465 e. The van der Waals surface area contributed by atoms with Crippen LogP contribution < -0.4 is 16.1 Å². The normalized spacial score (nSPS) is 16.4. The summed E-state index contributed by atoms with van der Waals surface area (Å²) in [6.07, 6.45) is -0.175. The average Bonchev–Trinajstić information content (AvgIpc) is 3.43. The van der Waals surface area contributed by atoms with E-state index in [1.54, 1.807) is 35.6 Å². The predicted octanol–water partition coefficient (Wildman–Crippen LogP) is 4.23. The topological polar surface area (TPSA) is 167 Å². The molecular formula is C39H61N7O6. The molecule has 2 aromatic rings. The van der Waals surface area contributed by atoms with E-state index in [2.05, 4.69) is 21.0 Å². The van der Waals surface area contributed by atoms with Crippen LogP contribution in [0, 0.1) is 24.2 Å². The molecule has 0 radical (unpaired) electrons. The molecule has 5 N–H and O–H groups in total. The summed E-state index contributed by atoms with van der Waals surface area (Å²) < 4.78 is 0. The second-order valence-corrected chi connectivity index (χ2v) is 15.5. The van der Waals surface area contributed by atoms with Gasteiger partial charge in [-0.15, -0.1) is 0 Å². The number of aromatic nitrogens is 1. The van der Waals surface area contributed by atoms with Gasteiger partial charge in [0.15, 0.2) is 0 Å². The lowest BCUT2D eigenvalue weighted by Crippen LogP contribution is -2.60. The van der Waals surface area contributed by atoms with Crippen molar-refractivity contribution >= 4 is 23.9 Å². The Morgan fingerprint density at radius 2 is 1.67 bits per heavy atom. The maximum absolute atomic E-state index is 14.3. The summed E-state index contributed by atoms with van der Waals surface area (Å²) in [6, 6.07) is 12.6. The van der Waals surface area contributed by atoms with Gasteiger partial charge in [-0.1, -0.05) is 91.3 Å². The molecule has 0 unspecified atom stereocenters. The molecule has 52 heavy (non-hydrogen) atoms. The van der Waals surface area contributed by atoms with Gasteiger partial charge in [-0.25, -0.2) is 14.6 Å². The number of aliphatic hydroxyl groups is 1. The van der Waals surface area contributed by atoms with Gasteiger partial charge in [0.2, 0.25) is 5.91 Å². The van der Waals surface area contributed by atoms with Gasteiger partial charge in [-0.3, -0.25) is 20.0 Å². The number of carbonyl (C=O) groups excluding carboxylic acids is 3. The number of carboxylic acid groups (broad SMARTS) is 1. The van der Waals surface area contributed by atoms with E-state index in [0.29, 0.717) is 51.9 Å². The molecule has 1 aliphatic rings. The summed E-state index contributed by atoms with van der Waals surface area (Å²) in [4.78, 5) is 61.0. The van der Waals surface area contributed by atoms with Crippen molar-refractivity contribution in [2.24, 2.45) is 17.3 Å². The van der Waals surface area contributed by atoms with Gasteiger partial charge in [0, 0.05) is 50.5 Å². The molecule has 3 rings (SSSR count). The summed E-state index contributed by atoms with van der Waals surface area (Å²) in [5, 5.41) is 28.3. The molecular weight excluding hydrogens is 662 g/mol. The molecule has 1 saturated heterocycles. The Morgan fingerprint density at radius 3 is 2.27 bits per heavy atom. The number of hydrogen-bond acceptors (Lipinski definition) is 7. The molecule has 0 spiro atoms. The number of nitrogens with zero attached hydrogens (tertiary/aromatic N) is 4. The molecule has 2 heterocycles. The van der Waals surface area contributed by atoms with Crippen LogP contribution >= 0.6 is 0 Å². The van der Waals surface area contributed by atoms with E-state index in [1.807, 2.05) is 83.1 Å². The summed E-state index contributed by atoms with van der Waals surface area (Å²) >= 11 is 0. The van der Waals surface area contributed by atoms with Crippen LogP contribution in [0.2, 0.25) is 0 Å². The standard InChI is InChI=1S/C39H61N7O6/c1-9-27(4)33(46-23-22-44(38(46)52)20-19-30-17-13-14-28(5)40-30)35(48)41-31(24-29-15-11-10-12-16-29)32(47)25-45(21-18-26(2)3)43-36(49)34(39(6,7)8)42-37(50)51/h10-17,26-27,31-34,42,47H,9,18-25H2,1-8H3,(H,41,48)(H,43,49)(H,50,51)/t27-,31-,32-,33-,34+/m0/s1. The van der Waals surface area contributed by atoms with E-state index in [-0.39, 0.29) is 30.3 Å². The number of pyridine rings is 1. The monoisotopic (exact) mass is 723 g/mol. The molecule has 13 nitrogen and oxygen atoms in total. The molecule has 1 aliphatic heterocycles. The minimum atomic E-state index is -1.31. The number of nitrogens with one attached hydrogen (secondary N) is 3. The molecule has 0 saturated carbocycles. The average molecular weight is 724 g/mol. The maximum Gasteiger partial charge on any atom is 0.405 e. The van der Waals surface area contributed by atoms with Crippen LogP contribution in [0.3, 0.4) is 0 Å². The summed E-state index contributed by atoms with van der Waals surface area (Å²) in [7, 11) is 0. The lowest BCUT2D eigenvalue weighted by atomic mass is 9.86. The number of carbonyl (C=O) groups is 4. The van der Waals surface area contributed by atoms with Crippen LogP contribution in [0.5, 0.6) is 0 Å². The van der Waals surface area contributed by atoms with Crippen LogP contribution in [0.25, 0.3) is 0 Å². The predicted molar refractivity (Wildman–Crippen MR) is 201 cm³/mol. The lowest BCUT2D eigenvalue weighted by Gasteiger charge is -2.36. The first-order chi connectivity index (χ1) is 24.5. The second kappa shape index (κ2) is 19.6. The highest BCUT2D eigenvalue weighted by atomic mass is 16.4. The first-order valence-electron chi connectivity index (χ1n) is 18.5. The summed E-state index contributed by atoms with van der Waals surface area (Å²) in [6.45, 7) is 17.0. The van der Waals surface area contributed by atoms with E-state index in [0.717, 1.165) is 17.0 Å². The molecule has 0 bridgehead atoms. The zero-order valence-corrected chi connectivity index (χ0v) is 32.3. The van der Waals surface area contributed by atoms with Gasteiger partial charge in [-0.2, -0.15) is 0 Å². The van der Waals surface area contributed by atoms with Gasteiger partial charge in [0.25, 0.3) is 5.91 Å². The summed E-state index contributed by atoms with van der Waals surface area (Å²) in [5.74, 6) is -0.758. The molecule has 0 aliphatic carbocycles. The Balaban J connectivity index is 1.83. The van der Waals surface area contributed by atoms with Crippen LogP contribution in [-0.2, 0) is 22.4 Å². The molecule has 1 fully saturated rings. The Labute approximate surface area is 309 Å². The Morgan fingerprint density at radius 1 is 0.981 bits per heavy atom. The van der Waals surface area contributed by atoms with Crippen LogP contribution in [0.1, 0.15) is 78.3 Å². The van der Waals surface area contributed by atoms with Gasteiger partial charge in [0.05, 0.1) is 12.1 Å². The SMILES string of the molecule is CC[C@H](C)[C@@H](C(=O)N[C@@H](Cc1ccccc1)[C@@H](O)CN(CCC(C)C)NC(=O)[C@@H](NC(=O)O)C(C)(C)C)N1CCN(CCc2cccc(C)n2)C1=O. The molecule has 1 aromatic carbocycles. The smallest absolute Gasteiger partial charge is 0.405 e. The highest BCUT2D eigenvalue weighted by Crippen LogP contribution is 2.23. The van der Waals surface area contributed by atoms with E-state index < -0.39 is 41.6 Å². The molecule has 1 aromatic heterocycles. The van der Waals surface area contributed by atoms with E-state index >= 15 is 0 Å². The Bertz CT molecular complexity index is 1470. The molecule has 288 valence electrons. The largest absolute Gasteiger partial charge is 0.465 e. The lowest BCUT2D eigenvalue weighted by molar-refractivity contribution is -0.132. The number of hydrogen-bond donors (Lipinski definition) is 5. The third-order valence-corrected chi connectivity index (χ3v) is 9.64. The molecule has 5 atom stereocenters. The van der Waals surface area contributed by atoms with Crippen LogP contribution in [-0.4, -0.2) is 111 Å². The third-order valence-electron chi connectivity index (χ3n) is 9.64. The van der Waals surface area contributed by atoms with Gasteiger partial charge < -0.3 is 30.6 Å². The number of urea groups is 1. The molecule has 13 heteroatoms. The van der Waals surface area contributed by atoms with Crippen molar-refractivity contribution in [3.63, 3.8) is 0 Å². The second-order valence-electron chi connectivity index (χ2n) is 15.5. The van der Waals surface area contributed by atoms with Gasteiger partial charge in [-0.05, 0) is 54.7 Å².